The number of benzene rings is 2. The van der Waals surface area contributed by atoms with E-state index in [1.54, 1.807) is 12.3 Å². The van der Waals surface area contributed by atoms with E-state index in [9.17, 15) is 4.79 Å². The Morgan fingerprint density at radius 1 is 1.12 bits per heavy atom. The second-order valence-corrected chi connectivity index (χ2v) is 6.58. The molecule has 5 heteroatoms. The fourth-order valence-corrected chi connectivity index (χ4v) is 2.94. The van der Waals surface area contributed by atoms with E-state index in [-0.39, 0.29) is 5.91 Å². The number of hydrogen-bond donors (Lipinski definition) is 1. The number of amides is 1. The van der Waals surface area contributed by atoms with Gasteiger partial charge in [-0.3, -0.25) is 4.79 Å². The predicted octanol–water partition coefficient (Wildman–Crippen LogP) is 4.15. The van der Waals surface area contributed by atoms with Crippen molar-refractivity contribution in [3.05, 3.63) is 87.3 Å². The minimum Gasteiger partial charge on any atom is -0.321 e. The molecule has 0 unspecified atom stereocenters. The molecule has 24 heavy (non-hydrogen) atoms. The summed E-state index contributed by atoms with van der Waals surface area (Å²) in [5.41, 5.74) is 6.28. The monoisotopic (exact) mass is 429 g/mol. The van der Waals surface area contributed by atoms with Crippen molar-refractivity contribution >= 4 is 34.7 Å². The van der Waals surface area contributed by atoms with Crippen molar-refractivity contribution < 1.29 is 4.79 Å². The maximum atomic E-state index is 12.0. The number of para-hydroxylation sites is 1. The molecule has 0 aliphatic heterocycles. The average Bonchev–Trinajstić information content (AvgIpc) is 2.96. The van der Waals surface area contributed by atoms with Gasteiger partial charge in [0.05, 0.1) is 6.21 Å². The van der Waals surface area contributed by atoms with Gasteiger partial charge in [0.2, 0.25) is 0 Å². The number of aryl methyl sites for hydroxylation is 1. The summed E-state index contributed by atoms with van der Waals surface area (Å²) in [5, 5.41) is 4.06. The van der Waals surface area contributed by atoms with Crippen LogP contribution < -0.4 is 5.43 Å². The molecule has 1 N–H and O–H groups in total. The van der Waals surface area contributed by atoms with E-state index >= 15 is 0 Å². The quantitative estimate of drug-likeness (QED) is 0.378. The number of carbonyl (C=O) groups excluding carboxylic acids is 1. The molecule has 0 fully saturated rings. The zero-order valence-electron chi connectivity index (χ0n) is 13.1. The number of rotatable bonds is 4. The molecule has 0 atom stereocenters. The van der Waals surface area contributed by atoms with Crippen LogP contribution in [0.1, 0.15) is 21.6 Å². The van der Waals surface area contributed by atoms with Crippen LogP contribution >= 0.6 is 22.6 Å². The van der Waals surface area contributed by atoms with Gasteiger partial charge in [-0.15, -0.1) is 0 Å². The summed E-state index contributed by atoms with van der Waals surface area (Å²) in [5.74, 6) is -0.219. The lowest BCUT2D eigenvalue weighted by Crippen LogP contribution is -2.17. The van der Waals surface area contributed by atoms with Gasteiger partial charge in [-0.1, -0.05) is 24.3 Å². The van der Waals surface area contributed by atoms with Gasteiger partial charge >= 0.3 is 0 Å². The molecule has 3 aromatic rings. The zero-order chi connectivity index (χ0) is 16.9. The Kier molecular flexibility index (Phi) is 5.10. The fourth-order valence-electron chi connectivity index (χ4n) is 2.40. The molecule has 2 aromatic carbocycles. The van der Waals surface area contributed by atoms with Crippen LogP contribution in [-0.4, -0.2) is 16.7 Å². The molecule has 0 aliphatic rings. The molecule has 3 rings (SSSR count). The van der Waals surface area contributed by atoms with Crippen LogP contribution in [0.25, 0.3) is 5.69 Å². The Labute approximate surface area is 154 Å². The van der Waals surface area contributed by atoms with E-state index in [1.165, 1.54) is 0 Å². The first-order chi connectivity index (χ1) is 11.6. The van der Waals surface area contributed by atoms with E-state index < -0.39 is 0 Å². The van der Waals surface area contributed by atoms with Crippen molar-refractivity contribution in [1.82, 2.24) is 9.99 Å². The number of hydrazone groups is 1. The fraction of sp³-hybridized carbons (Fsp3) is 0.0526. The lowest BCUT2D eigenvalue weighted by Gasteiger charge is -2.04. The molecule has 1 amide bonds. The average molecular weight is 429 g/mol. The minimum absolute atomic E-state index is 0.219. The molecule has 0 bridgehead atoms. The van der Waals surface area contributed by atoms with Crippen molar-refractivity contribution in [1.29, 1.82) is 0 Å². The van der Waals surface area contributed by atoms with Crippen LogP contribution in [0.15, 0.2) is 72.0 Å². The molecule has 0 radical (unpaired) electrons. The summed E-state index contributed by atoms with van der Waals surface area (Å²) in [6.07, 6.45) is 3.64. The van der Waals surface area contributed by atoms with E-state index in [0.29, 0.717) is 5.56 Å². The number of nitrogens with one attached hydrogen (secondary N) is 1. The van der Waals surface area contributed by atoms with Gasteiger partial charge in [0.1, 0.15) is 0 Å². The molecule has 4 nitrogen and oxygen atoms in total. The third-order valence-electron chi connectivity index (χ3n) is 3.53. The highest BCUT2D eigenvalue weighted by atomic mass is 127. The van der Waals surface area contributed by atoms with Crippen LogP contribution in [0, 0.1) is 10.5 Å². The first-order valence-corrected chi connectivity index (χ1v) is 8.55. The van der Waals surface area contributed by atoms with Crippen LogP contribution in [0.2, 0.25) is 0 Å². The van der Waals surface area contributed by atoms with Crippen LogP contribution in [0.4, 0.5) is 0 Å². The Morgan fingerprint density at radius 3 is 2.67 bits per heavy atom. The van der Waals surface area contributed by atoms with E-state index in [4.69, 9.17) is 0 Å². The third-order valence-corrected chi connectivity index (χ3v) is 4.21. The molecule has 0 spiro atoms. The number of aromatic nitrogens is 1. The first kappa shape index (κ1) is 16.4. The van der Waals surface area contributed by atoms with Crippen molar-refractivity contribution in [2.45, 2.75) is 6.92 Å². The maximum Gasteiger partial charge on any atom is 0.271 e. The summed E-state index contributed by atoms with van der Waals surface area (Å²) < 4.78 is 3.10. The molecule has 1 aromatic heterocycles. The lowest BCUT2D eigenvalue weighted by molar-refractivity contribution is 0.0955. The lowest BCUT2D eigenvalue weighted by atomic mass is 10.2. The number of nitrogens with zero attached hydrogens (tertiary/aromatic N) is 2. The summed E-state index contributed by atoms with van der Waals surface area (Å²) in [6.45, 7) is 2.04. The Bertz CT molecular complexity index is 885. The van der Waals surface area contributed by atoms with Gasteiger partial charge in [-0.25, -0.2) is 5.43 Å². The largest absolute Gasteiger partial charge is 0.321 e. The molecule has 0 saturated carbocycles. The van der Waals surface area contributed by atoms with E-state index in [2.05, 4.69) is 37.7 Å². The van der Waals surface area contributed by atoms with E-state index in [1.807, 2.05) is 67.7 Å². The van der Waals surface area contributed by atoms with Crippen molar-refractivity contribution in [3.63, 3.8) is 0 Å². The number of carbonyl (C=O) groups is 1. The number of halogens is 1. The van der Waals surface area contributed by atoms with Gasteiger partial charge in [0.25, 0.3) is 5.91 Å². The second-order valence-electron chi connectivity index (χ2n) is 5.33. The van der Waals surface area contributed by atoms with Crippen LogP contribution in [0.5, 0.6) is 0 Å². The SMILES string of the molecule is Cc1cc(/C=N\NC(=O)c2cccc(I)c2)cn1-c1ccccc1. The van der Waals surface area contributed by atoms with Crippen molar-refractivity contribution in [3.8, 4) is 5.69 Å². The Morgan fingerprint density at radius 2 is 1.92 bits per heavy atom. The molecular formula is C19H16IN3O. The van der Waals surface area contributed by atoms with E-state index in [0.717, 1.165) is 20.5 Å². The normalized spacial score (nSPS) is 10.9. The molecule has 1 heterocycles. The van der Waals surface area contributed by atoms with Crippen LogP contribution in [0.3, 0.4) is 0 Å². The van der Waals surface area contributed by atoms with Gasteiger partial charge in [-0.2, -0.15) is 5.10 Å². The highest BCUT2D eigenvalue weighted by molar-refractivity contribution is 14.1. The van der Waals surface area contributed by atoms with Crippen LogP contribution in [-0.2, 0) is 0 Å². The molecule has 0 aliphatic carbocycles. The van der Waals surface area contributed by atoms with Crippen molar-refractivity contribution in [2.75, 3.05) is 0 Å². The Balaban J connectivity index is 1.70. The maximum absolute atomic E-state index is 12.0. The van der Waals surface area contributed by atoms with Gasteiger partial charge < -0.3 is 4.57 Å². The zero-order valence-corrected chi connectivity index (χ0v) is 15.3. The standard InChI is InChI=1S/C19H16IN3O/c1-14-10-15(13-23(14)18-8-3-2-4-9-18)12-21-22-19(24)16-6-5-7-17(20)11-16/h2-13H,1H3,(H,22,24)/b21-12-. The summed E-state index contributed by atoms with van der Waals surface area (Å²) in [6, 6.07) is 19.5. The highest BCUT2D eigenvalue weighted by Crippen LogP contribution is 2.14. The summed E-state index contributed by atoms with van der Waals surface area (Å²) in [4.78, 5) is 12.0. The smallest absolute Gasteiger partial charge is 0.271 e. The predicted molar refractivity (Wildman–Crippen MR) is 105 cm³/mol. The highest BCUT2D eigenvalue weighted by Gasteiger charge is 2.05. The Hall–Kier alpha value is -2.41. The second kappa shape index (κ2) is 7.44. The first-order valence-electron chi connectivity index (χ1n) is 7.47. The third kappa shape index (κ3) is 3.91. The van der Waals surface area contributed by atoms with Gasteiger partial charge in [-0.05, 0) is 65.9 Å². The molecular weight excluding hydrogens is 413 g/mol. The van der Waals surface area contributed by atoms with Crippen molar-refractivity contribution in [2.24, 2.45) is 5.10 Å². The molecule has 120 valence electrons. The number of hydrogen-bond acceptors (Lipinski definition) is 2. The summed E-state index contributed by atoms with van der Waals surface area (Å²) >= 11 is 2.18. The molecule has 0 saturated heterocycles. The summed E-state index contributed by atoms with van der Waals surface area (Å²) in [7, 11) is 0. The van der Waals surface area contributed by atoms with Gasteiger partial charge in [0.15, 0.2) is 0 Å². The van der Waals surface area contributed by atoms with Gasteiger partial charge in [0, 0.05) is 32.3 Å². The topological polar surface area (TPSA) is 46.4 Å². The minimum atomic E-state index is -0.219.